The Balaban J connectivity index is 1.75. The van der Waals surface area contributed by atoms with Gasteiger partial charge in [0, 0.05) is 12.4 Å². The minimum absolute atomic E-state index is 0.0786. The zero-order valence-corrected chi connectivity index (χ0v) is 15.7. The number of esters is 1. The van der Waals surface area contributed by atoms with Crippen LogP contribution in [0, 0.1) is 28.9 Å². The summed E-state index contributed by atoms with van der Waals surface area (Å²) in [6.45, 7) is 3.28. The predicted octanol–water partition coefficient (Wildman–Crippen LogP) is 5.39. The van der Waals surface area contributed by atoms with Crippen molar-refractivity contribution in [3.8, 4) is 5.69 Å². The van der Waals surface area contributed by atoms with E-state index < -0.39 is 30.1 Å². The number of carbonyl (C=O) groups is 1. The lowest BCUT2D eigenvalue weighted by Crippen LogP contribution is -2.13. The summed E-state index contributed by atoms with van der Waals surface area (Å²) in [5, 5.41) is 0. The highest BCUT2D eigenvalue weighted by Gasteiger charge is 2.61. The van der Waals surface area contributed by atoms with Gasteiger partial charge in [0.05, 0.1) is 17.2 Å². The normalized spacial score (nSPS) is 20.5. The van der Waals surface area contributed by atoms with E-state index in [9.17, 15) is 13.6 Å². The lowest BCUT2D eigenvalue weighted by molar-refractivity contribution is -0.147. The van der Waals surface area contributed by atoms with Gasteiger partial charge >= 0.3 is 5.97 Å². The average molecular weight is 400 g/mol. The van der Waals surface area contributed by atoms with Gasteiger partial charge in [0.1, 0.15) is 16.9 Å². The van der Waals surface area contributed by atoms with Crippen molar-refractivity contribution < 1.29 is 18.3 Å². The van der Waals surface area contributed by atoms with E-state index in [1.165, 1.54) is 10.6 Å². The van der Waals surface area contributed by atoms with Gasteiger partial charge in [0.15, 0.2) is 5.82 Å². The number of halogens is 4. The molecule has 26 heavy (non-hydrogen) atoms. The van der Waals surface area contributed by atoms with Crippen LogP contribution in [0.5, 0.6) is 0 Å². The summed E-state index contributed by atoms with van der Waals surface area (Å²) in [6.07, 6.45) is 4.88. The van der Waals surface area contributed by atoms with Crippen molar-refractivity contribution in [2.45, 2.75) is 20.5 Å². The van der Waals surface area contributed by atoms with Crippen molar-refractivity contribution in [3.63, 3.8) is 0 Å². The van der Waals surface area contributed by atoms with E-state index in [0.29, 0.717) is 0 Å². The number of rotatable bonds is 5. The highest BCUT2D eigenvalue weighted by atomic mass is 35.5. The molecule has 0 saturated heterocycles. The van der Waals surface area contributed by atoms with Gasteiger partial charge in [0.25, 0.3) is 0 Å². The first-order chi connectivity index (χ1) is 12.2. The smallest absolute Gasteiger partial charge is 0.310 e. The second-order valence-electron chi connectivity index (χ2n) is 6.84. The highest BCUT2D eigenvalue weighted by molar-refractivity contribution is 6.55. The Labute approximate surface area is 160 Å². The molecule has 1 aliphatic rings. The molecular formula is C19H17Cl2F2NO2. The van der Waals surface area contributed by atoms with Crippen LogP contribution in [-0.2, 0) is 16.1 Å². The molecule has 1 heterocycles. The van der Waals surface area contributed by atoms with Gasteiger partial charge in [-0.2, -0.15) is 0 Å². The predicted molar refractivity (Wildman–Crippen MR) is 96.0 cm³/mol. The topological polar surface area (TPSA) is 31.2 Å². The lowest BCUT2D eigenvalue weighted by Gasteiger charge is -2.11. The fourth-order valence-corrected chi connectivity index (χ4v) is 3.49. The van der Waals surface area contributed by atoms with Crippen LogP contribution in [-0.4, -0.2) is 10.5 Å². The minimum atomic E-state index is -0.762. The third kappa shape index (κ3) is 3.51. The van der Waals surface area contributed by atoms with Crippen LogP contribution < -0.4 is 0 Å². The van der Waals surface area contributed by atoms with Crippen LogP contribution in [0.4, 0.5) is 8.78 Å². The molecule has 1 aliphatic carbocycles. The van der Waals surface area contributed by atoms with Gasteiger partial charge in [-0.05, 0) is 41.7 Å². The number of aromatic nitrogens is 1. The van der Waals surface area contributed by atoms with Crippen LogP contribution >= 0.6 is 23.2 Å². The number of carbonyl (C=O) groups excluding carboxylic acids is 1. The molecule has 0 bridgehead atoms. The highest BCUT2D eigenvalue weighted by Crippen LogP contribution is 2.60. The van der Waals surface area contributed by atoms with Crippen LogP contribution in [0.3, 0.4) is 0 Å². The maximum Gasteiger partial charge on any atom is 0.310 e. The van der Waals surface area contributed by atoms with E-state index in [4.69, 9.17) is 27.9 Å². The molecule has 0 N–H and O–H groups in total. The van der Waals surface area contributed by atoms with Crippen molar-refractivity contribution in [1.82, 2.24) is 4.57 Å². The summed E-state index contributed by atoms with van der Waals surface area (Å²) < 4.78 is 35.5. The van der Waals surface area contributed by atoms with Gasteiger partial charge in [-0.1, -0.05) is 37.0 Å². The molecule has 1 aromatic heterocycles. The fourth-order valence-electron chi connectivity index (χ4n) is 3.22. The van der Waals surface area contributed by atoms with E-state index in [0.717, 1.165) is 6.07 Å². The third-order valence-electron chi connectivity index (χ3n) is 4.88. The molecule has 1 fully saturated rings. The van der Waals surface area contributed by atoms with E-state index in [2.05, 4.69) is 0 Å². The number of nitrogens with zero attached hydrogens (tertiary/aromatic N) is 1. The fraction of sp³-hybridized carbons (Fsp3) is 0.316. The number of hydrogen-bond donors (Lipinski definition) is 0. The molecule has 7 heteroatoms. The molecule has 0 radical (unpaired) electrons. The van der Waals surface area contributed by atoms with E-state index in [1.54, 1.807) is 30.6 Å². The molecule has 2 aromatic rings. The van der Waals surface area contributed by atoms with Gasteiger partial charge in [-0.3, -0.25) is 4.79 Å². The molecule has 3 nitrogen and oxygen atoms in total. The Bertz CT molecular complexity index is 859. The second-order valence-corrected chi connectivity index (χ2v) is 7.85. The summed E-state index contributed by atoms with van der Waals surface area (Å²) in [7, 11) is 0. The Morgan fingerprint density at radius 1 is 1.27 bits per heavy atom. The van der Waals surface area contributed by atoms with Crippen LogP contribution in [0.2, 0.25) is 0 Å². The third-order valence-corrected chi connectivity index (χ3v) is 5.13. The largest absolute Gasteiger partial charge is 0.460 e. The zero-order chi connectivity index (χ0) is 19.1. The van der Waals surface area contributed by atoms with E-state index >= 15 is 0 Å². The standard InChI is InChI=1S/C19H17Cl2F2NO2/c1-19(2)12(9-15(20)21)16(19)18(25)26-10-11-13(22)5-6-14(17(11)23)24-7-3-4-8-24/h3-9,12,16H,10H2,1-2H3. The number of ether oxygens (including phenoxy) is 1. The first-order valence-corrected chi connectivity index (χ1v) is 8.78. The molecule has 1 aromatic carbocycles. The molecule has 2 unspecified atom stereocenters. The number of allylic oxidation sites excluding steroid dienone is 1. The summed E-state index contributed by atoms with van der Waals surface area (Å²) in [4.78, 5) is 12.3. The van der Waals surface area contributed by atoms with Crippen molar-refractivity contribution in [2.75, 3.05) is 0 Å². The Morgan fingerprint density at radius 3 is 2.54 bits per heavy atom. The molecule has 0 aliphatic heterocycles. The van der Waals surface area contributed by atoms with Crippen molar-refractivity contribution >= 4 is 29.2 Å². The summed E-state index contributed by atoms with van der Waals surface area (Å²) in [5.74, 6) is -2.67. The summed E-state index contributed by atoms with van der Waals surface area (Å²) in [5.41, 5.74) is -0.467. The van der Waals surface area contributed by atoms with Gasteiger partial charge in [-0.15, -0.1) is 0 Å². The van der Waals surface area contributed by atoms with Crippen LogP contribution in [0.1, 0.15) is 19.4 Å². The van der Waals surface area contributed by atoms with Crippen LogP contribution in [0.25, 0.3) is 5.69 Å². The van der Waals surface area contributed by atoms with Crippen molar-refractivity contribution in [1.29, 1.82) is 0 Å². The van der Waals surface area contributed by atoms with Crippen molar-refractivity contribution in [3.05, 3.63) is 64.4 Å². The Morgan fingerprint density at radius 2 is 1.92 bits per heavy atom. The second kappa shape index (κ2) is 7.05. The Kier molecular flexibility index (Phi) is 5.13. The van der Waals surface area contributed by atoms with Crippen molar-refractivity contribution in [2.24, 2.45) is 17.3 Å². The maximum atomic E-state index is 14.7. The van der Waals surface area contributed by atoms with Gasteiger partial charge in [-0.25, -0.2) is 8.78 Å². The average Bonchev–Trinajstić information content (AvgIpc) is 2.92. The quantitative estimate of drug-likeness (QED) is 0.631. The first-order valence-electron chi connectivity index (χ1n) is 8.03. The molecule has 1 saturated carbocycles. The maximum absolute atomic E-state index is 14.7. The van der Waals surface area contributed by atoms with Gasteiger partial charge < -0.3 is 9.30 Å². The monoisotopic (exact) mass is 399 g/mol. The molecule has 0 spiro atoms. The zero-order valence-electron chi connectivity index (χ0n) is 14.2. The molecule has 2 atom stereocenters. The first kappa shape index (κ1) is 18.9. The Hall–Kier alpha value is -1.85. The minimum Gasteiger partial charge on any atom is -0.460 e. The summed E-state index contributed by atoms with van der Waals surface area (Å²) in [6, 6.07) is 5.95. The summed E-state index contributed by atoms with van der Waals surface area (Å²) >= 11 is 11.3. The molecular weight excluding hydrogens is 383 g/mol. The SMILES string of the molecule is CC1(C)C(C=C(Cl)Cl)C1C(=O)OCc1c(F)ccc(-n2cccc2)c1F. The van der Waals surface area contributed by atoms with E-state index in [-0.39, 0.29) is 27.1 Å². The molecule has 0 amide bonds. The molecule has 138 valence electrons. The van der Waals surface area contributed by atoms with Gasteiger partial charge in [0.2, 0.25) is 0 Å². The lowest BCUT2D eigenvalue weighted by atomic mass is 10.1. The number of benzene rings is 1. The number of hydrogen-bond acceptors (Lipinski definition) is 2. The molecule has 3 rings (SSSR count). The van der Waals surface area contributed by atoms with Crippen LogP contribution in [0.15, 0.2) is 47.2 Å². The van der Waals surface area contributed by atoms with E-state index in [1.807, 2.05) is 13.8 Å².